The lowest BCUT2D eigenvalue weighted by molar-refractivity contribution is -0.132. The van der Waals surface area contributed by atoms with Crippen LogP contribution in [0, 0.1) is 18.3 Å². The number of hydrogen-bond donors (Lipinski definition) is 1. The number of nitrogens with zero attached hydrogens (tertiary/aromatic N) is 2. The number of aryl methyl sites for hydroxylation is 1. The summed E-state index contributed by atoms with van der Waals surface area (Å²) in [5, 5.41) is 18.1. The second-order valence-corrected chi connectivity index (χ2v) is 8.95. The van der Waals surface area contributed by atoms with E-state index in [0.717, 1.165) is 24.2 Å². The minimum atomic E-state index is -3.81. The highest BCUT2D eigenvalue weighted by atomic mass is 32.2. The average Bonchev–Trinajstić information content (AvgIpc) is 2.79. The van der Waals surface area contributed by atoms with E-state index in [0.29, 0.717) is 24.3 Å². The normalized spacial score (nSPS) is 11.6. The fourth-order valence-corrected chi connectivity index (χ4v) is 4.09. The summed E-state index contributed by atoms with van der Waals surface area (Å²) < 4.78 is 35.3. The van der Waals surface area contributed by atoms with Gasteiger partial charge >= 0.3 is 5.97 Å². The quantitative estimate of drug-likeness (QED) is 0.213. The molecule has 1 N–H and O–H groups in total. The van der Waals surface area contributed by atoms with Gasteiger partial charge in [0.05, 0.1) is 18.6 Å². The zero-order chi connectivity index (χ0) is 24.4. The fourth-order valence-electron chi connectivity index (χ4n) is 3.15. The molecule has 0 bridgehead atoms. The molecule has 9 heteroatoms. The number of anilines is 1. The summed E-state index contributed by atoms with van der Waals surface area (Å²) in [6.45, 7) is 5.23. The fraction of sp³-hybridized carbons (Fsp3) is 0.333. The summed E-state index contributed by atoms with van der Waals surface area (Å²) in [4.78, 5) is 13.3. The van der Waals surface area contributed by atoms with Crippen molar-refractivity contribution in [3.05, 3.63) is 59.2 Å². The summed E-state index contributed by atoms with van der Waals surface area (Å²) in [5.41, 5.74) is 1.89. The molecule has 33 heavy (non-hydrogen) atoms. The van der Waals surface area contributed by atoms with Crippen molar-refractivity contribution in [2.24, 2.45) is 0 Å². The van der Waals surface area contributed by atoms with E-state index in [1.165, 1.54) is 25.3 Å². The molecular weight excluding hydrogens is 444 g/mol. The lowest BCUT2D eigenvalue weighted by Crippen LogP contribution is -2.26. The van der Waals surface area contributed by atoms with E-state index < -0.39 is 21.7 Å². The van der Waals surface area contributed by atoms with E-state index >= 15 is 0 Å². The van der Waals surface area contributed by atoms with Crippen molar-refractivity contribution in [1.82, 2.24) is 0 Å². The molecule has 0 aliphatic rings. The summed E-state index contributed by atoms with van der Waals surface area (Å²) in [6, 6.07) is 13.4. The summed E-state index contributed by atoms with van der Waals surface area (Å²) >= 11 is 0. The maximum atomic E-state index is 12.3. The van der Waals surface area contributed by atoms with E-state index in [1.54, 1.807) is 30.3 Å². The van der Waals surface area contributed by atoms with Crippen LogP contribution in [0.1, 0.15) is 30.9 Å². The lowest BCUT2D eigenvalue weighted by atomic mass is 10.1. The Hall–Kier alpha value is -3.35. The molecule has 8 nitrogen and oxygen atoms in total. The van der Waals surface area contributed by atoms with Gasteiger partial charge in [-0.15, -0.1) is 0 Å². The molecule has 2 rings (SSSR count). The average molecular weight is 473 g/mol. The van der Waals surface area contributed by atoms with E-state index in [-0.39, 0.29) is 11.5 Å². The number of hydrogen-bond acceptors (Lipinski definition) is 7. The van der Waals surface area contributed by atoms with Crippen LogP contribution in [0.4, 0.5) is 5.69 Å². The Kier molecular flexibility index (Phi) is 9.45. The number of carboxylic acids is 1. The van der Waals surface area contributed by atoms with Gasteiger partial charge in [0.1, 0.15) is 17.4 Å². The summed E-state index contributed by atoms with van der Waals surface area (Å²) in [6.07, 6.45) is 2.61. The second kappa shape index (κ2) is 12.0. The van der Waals surface area contributed by atoms with Gasteiger partial charge in [-0.05, 0) is 50.1 Å². The third kappa shape index (κ3) is 7.34. The Balaban J connectivity index is 2.09. The van der Waals surface area contributed by atoms with Crippen LogP contribution in [-0.2, 0) is 19.1 Å². The number of nitriles is 1. The van der Waals surface area contributed by atoms with Crippen LogP contribution in [-0.4, -0.2) is 46.3 Å². The van der Waals surface area contributed by atoms with Crippen LogP contribution in [0.15, 0.2) is 52.9 Å². The highest BCUT2D eigenvalue weighted by molar-refractivity contribution is 7.86. The minimum Gasteiger partial charge on any atom is -0.496 e. The number of aliphatic carboxylic acids is 1. The molecule has 2 aromatic rings. The van der Waals surface area contributed by atoms with Crippen molar-refractivity contribution in [3.8, 4) is 11.8 Å². The maximum absolute atomic E-state index is 12.3. The van der Waals surface area contributed by atoms with Gasteiger partial charge in [0.15, 0.2) is 0 Å². The summed E-state index contributed by atoms with van der Waals surface area (Å²) in [7, 11) is -2.34. The number of carbonyl (C=O) groups is 1. The van der Waals surface area contributed by atoms with Crippen molar-refractivity contribution in [3.63, 3.8) is 0 Å². The van der Waals surface area contributed by atoms with Gasteiger partial charge in [0.2, 0.25) is 0 Å². The molecule has 0 aromatic heterocycles. The first-order valence-electron chi connectivity index (χ1n) is 10.5. The monoisotopic (exact) mass is 472 g/mol. The topological polar surface area (TPSA) is 117 Å². The number of carboxylic acid groups (broad SMARTS) is 1. The van der Waals surface area contributed by atoms with Gasteiger partial charge in [-0.25, -0.2) is 4.79 Å². The maximum Gasteiger partial charge on any atom is 0.346 e. The Morgan fingerprint density at radius 1 is 1.18 bits per heavy atom. The SMILES string of the molecule is CCCN(CCCOS(=O)(=O)c1ccc(C)cc1)c1ccc(/C=C(/C#N)C(=O)O)c(OC)c1. The predicted molar refractivity (Wildman–Crippen MR) is 126 cm³/mol. The first-order chi connectivity index (χ1) is 15.7. The molecule has 0 radical (unpaired) electrons. The van der Waals surface area contributed by atoms with Crippen molar-refractivity contribution in [1.29, 1.82) is 5.26 Å². The first-order valence-corrected chi connectivity index (χ1v) is 11.9. The molecule has 0 saturated carbocycles. The van der Waals surface area contributed by atoms with Crippen LogP contribution >= 0.6 is 0 Å². The van der Waals surface area contributed by atoms with Gasteiger partial charge in [-0.3, -0.25) is 4.18 Å². The molecule has 2 aromatic carbocycles. The molecule has 0 fully saturated rings. The Bertz CT molecular complexity index is 1130. The predicted octanol–water partition coefficient (Wildman–Crippen LogP) is 4.01. The molecule has 0 unspecified atom stereocenters. The minimum absolute atomic E-state index is 0.0402. The molecule has 176 valence electrons. The van der Waals surface area contributed by atoms with Crippen molar-refractivity contribution < 1.29 is 27.2 Å². The van der Waals surface area contributed by atoms with Crippen LogP contribution in [0.2, 0.25) is 0 Å². The molecule has 0 spiro atoms. The molecule has 0 atom stereocenters. The van der Waals surface area contributed by atoms with Gasteiger partial charge < -0.3 is 14.7 Å². The lowest BCUT2D eigenvalue weighted by Gasteiger charge is -2.25. The third-order valence-corrected chi connectivity index (χ3v) is 6.17. The number of rotatable bonds is 12. The van der Waals surface area contributed by atoms with Crippen molar-refractivity contribution in [2.45, 2.75) is 31.6 Å². The highest BCUT2D eigenvalue weighted by Crippen LogP contribution is 2.28. The van der Waals surface area contributed by atoms with Crippen molar-refractivity contribution >= 4 is 27.9 Å². The molecule has 0 aliphatic heterocycles. The standard InChI is InChI=1S/C24H28N2O6S/c1-4-12-26(13-5-14-32-33(29,30)22-10-6-18(2)7-11-22)21-9-8-19(23(16-21)31-3)15-20(17-25)24(27)28/h6-11,15-16H,4-5,12-14H2,1-3H3,(H,27,28)/b20-15-. The molecule has 0 saturated heterocycles. The van der Waals surface area contributed by atoms with Gasteiger partial charge in [-0.2, -0.15) is 13.7 Å². The first kappa shape index (κ1) is 25.9. The molecule has 0 heterocycles. The Morgan fingerprint density at radius 2 is 1.88 bits per heavy atom. The number of ether oxygens (including phenoxy) is 1. The van der Waals surface area contributed by atoms with Crippen LogP contribution in [0.5, 0.6) is 5.75 Å². The Morgan fingerprint density at radius 3 is 2.45 bits per heavy atom. The zero-order valence-electron chi connectivity index (χ0n) is 18.9. The zero-order valence-corrected chi connectivity index (χ0v) is 19.8. The number of benzene rings is 2. The number of methoxy groups -OCH3 is 1. The molecule has 0 amide bonds. The van der Waals surface area contributed by atoms with Gasteiger partial charge in [0.25, 0.3) is 10.1 Å². The van der Waals surface area contributed by atoms with Crippen LogP contribution in [0.25, 0.3) is 6.08 Å². The van der Waals surface area contributed by atoms with Crippen molar-refractivity contribution in [2.75, 3.05) is 31.7 Å². The van der Waals surface area contributed by atoms with Gasteiger partial charge in [-0.1, -0.05) is 24.6 Å². The molecular formula is C24H28N2O6S. The van der Waals surface area contributed by atoms with Crippen LogP contribution < -0.4 is 9.64 Å². The largest absolute Gasteiger partial charge is 0.496 e. The smallest absolute Gasteiger partial charge is 0.346 e. The summed E-state index contributed by atoms with van der Waals surface area (Å²) in [5.74, 6) is -0.877. The van der Waals surface area contributed by atoms with E-state index in [9.17, 15) is 13.2 Å². The van der Waals surface area contributed by atoms with E-state index in [2.05, 4.69) is 4.90 Å². The van der Waals surface area contributed by atoms with E-state index in [4.69, 9.17) is 19.3 Å². The second-order valence-electron chi connectivity index (χ2n) is 7.33. The van der Waals surface area contributed by atoms with Crippen LogP contribution in [0.3, 0.4) is 0 Å². The molecule has 0 aliphatic carbocycles. The van der Waals surface area contributed by atoms with E-state index in [1.807, 2.05) is 19.9 Å². The highest BCUT2D eigenvalue weighted by Gasteiger charge is 2.16. The van der Waals surface area contributed by atoms with Gasteiger partial charge in [0, 0.05) is 30.4 Å². The third-order valence-electron chi connectivity index (χ3n) is 4.85. The Labute approximate surface area is 194 Å².